The van der Waals surface area contributed by atoms with Gasteiger partial charge in [-0.3, -0.25) is 0 Å². The molecule has 0 atom stereocenters. The molecular formula is C14H11ClO2. The number of aromatic carboxylic acids is 1. The van der Waals surface area contributed by atoms with E-state index >= 15 is 0 Å². The number of carboxylic acid groups (broad SMARTS) is 1. The number of hydrogen-bond acceptors (Lipinski definition) is 1. The monoisotopic (exact) mass is 246 g/mol. The Balaban J connectivity index is 2.36. The first-order chi connectivity index (χ1) is 8.16. The van der Waals surface area contributed by atoms with Crippen LogP contribution in [0.3, 0.4) is 0 Å². The Labute approximate surface area is 104 Å². The zero-order chi connectivity index (χ0) is 12.3. The molecule has 0 fully saturated rings. The standard InChI is InChI=1S/C14H11ClO2/c15-12-7-6-11(13(9-12)14(16)17)8-10-4-2-1-3-5-10/h1-7,9H,8H2,(H,16,17). The first kappa shape index (κ1) is 11.7. The van der Waals surface area contributed by atoms with E-state index in [9.17, 15) is 4.79 Å². The Morgan fingerprint density at radius 3 is 2.47 bits per heavy atom. The quantitative estimate of drug-likeness (QED) is 0.898. The van der Waals surface area contributed by atoms with Gasteiger partial charge in [0.1, 0.15) is 0 Å². The summed E-state index contributed by atoms with van der Waals surface area (Å²) in [4.78, 5) is 11.1. The summed E-state index contributed by atoms with van der Waals surface area (Å²) in [5.41, 5.74) is 2.12. The van der Waals surface area contributed by atoms with Crippen molar-refractivity contribution in [2.24, 2.45) is 0 Å². The molecule has 0 amide bonds. The molecule has 0 aromatic heterocycles. The van der Waals surface area contributed by atoms with E-state index in [0.717, 1.165) is 11.1 Å². The Kier molecular flexibility index (Phi) is 3.45. The van der Waals surface area contributed by atoms with E-state index in [1.807, 2.05) is 30.3 Å². The third-order valence-electron chi connectivity index (χ3n) is 2.54. The van der Waals surface area contributed by atoms with Gasteiger partial charge >= 0.3 is 5.97 Å². The SMILES string of the molecule is O=C(O)c1cc(Cl)ccc1Cc1ccccc1. The molecule has 0 bridgehead atoms. The smallest absolute Gasteiger partial charge is 0.336 e. The predicted molar refractivity (Wildman–Crippen MR) is 67.7 cm³/mol. The summed E-state index contributed by atoms with van der Waals surface area (Å²) in [7, 11) is 0. The van der Waals surface area contributed by atoms with Gasteiger partial charge < -0.3 is 5.11 Å². The average Bonchev–Trinajstić information content (AvgIpc) is 2.32. The van der Waals surface area contributed by atoms with Gasteiger partial charge in [-0.2, -0.15) is 0 Å². The first-order valence-corrected chi connectivity index (χ1v) is 5.60. The molecule has 2 aromatic rings. The molecule has 0 unspecified atom stereocenters. The molecule has 0 spiro atoms. The van der Waals surface area contributed by atoms with Crippen LogP contribution in [0.2, 0.25) is 5.02 Å². The van der Waals surface area contributed by atoms with Gasteiger partial charge in [0.05, 0.1) is 5.56 Å². The number of carbonyl (C=O) groups is 1. The molecule has 0 heterocycles. The van der Waals surface area contributed by atoms with Crippen LogP contribution >= 0.6 is 11.6 Å². The molecule has 0 aliphatic heterocycles. The molecular weight excluding hydrogens is 236 g/mol. The van der Waals surface area contributed by atoms with Crippen molar-refractivity contribution in [1.82, 2.24) is 0 Å². The van der Waals surface area contributed by atoms with Crippen LogP contribution in [0.25, 0.3) is 0 Å². The summed E-state index contributed by atoms with van der Waals surface area (Å²) in [6, 6.07) is 14.7. The first-order valence-electron chi connectivity index (χ1n) is 5.22. The highest BCUT2D eigenvalue weighted by atomic mass is 35.5. The van der Waals surface area contributed by atoms with Gasteiger partial charge in [-0.1, -0.05) is 48.0 Å². The Morgan fingerprint density at radius 1 is 1.12 bits per heavy atom. The van der Waals surface area contributed by atoms with Gasteiger partial charge in [-0.25, -0.2) is 4.79 Å². The predicted octanol–water partition coefficient (Wildman–Crippen LogP) is 3.63. The molecule has 1 N–H and O–H groups in total. The highest BCUT2D eigenvalue weighted by molar-refractivity contribution is 6.30. The van der Waals surface area contributed by atoms with Crippen LogP contribution < -0.4 is 0 Å². The third-order valence-corrected chi connectivity index (χ3v) is 2.77. The zero-order valence-corrected chi connectivity index (χ0v) is 9.82. The van der Waals surface area contributed by atoms with Gasteiger partial charge in [0.2, 0.25) is 0 Å². The van der Waals surface area contributed by atoms with E-state index in [0.29, 0.717) is 11.4 Å². The van der Waals surface area contributed by atoms with E-state index in [4.69, 9.17) is 16.7 Å². The summed E-state index contributed by atoms with van der Waals surface area (Å²) < 4.78 is 0. The minimum atomic E-state index is -0.946. The minimum Gasteiger partial charge on any atom is -0.478 e. The van der Waals surface area contributed by atoms with E-state index in [1.54, 1.807) is 12.1 Å². The zero-order valence-electron chi connectivity index (χ0n) is 9.06. The molecule has 0 aliphatic rings. The lowest BCUT2D eigenvalue weighted by Gasteiger charge is -2.06. The molecule has 0 radical (unpaired) electrons. The molecule has 2 aromatic carbocycles. The third kappa shape index (κ3) is 2.86. The number of hydrogen-bond donors (Lipinski definition) is 1. The van der Waals surface area contributed by atoms with Crippen molar-refractivity contribution >= 4 is 17.6 Å². The average molecular weight is 247 g/mol. The number of halogens is 1. The van der Waals surface area contributed by atoms with Crippen LogP contribution in [0.1, 0.15) is 21.5 Å². The number of rotatable bonds is 3. The van der Waals surface area contributed by atoms with E-state index in [1.165, 1.54) is 6.07 Å². The summed E-state index contributed by atoms with van der Waals surface area (Å²) >= 11 is 5.80. The fraction of sp³-hybridized carbons (Fsp3) is 0.0714. The fourth-order valence-electron chi connectivity index (χ4n) is 1.72. The van der Waals surface area contributed by atoms with Crippen LogP contribution in [0.15, 0.2) is 48.5 Å². The van der Waals surface area contributed by atoms with Crippen LogP contribution in [0.4, 0.5) is 0 Å². The van der Waals surface area contributed by atoms with Crippen molar-refractivity contribution in [3.63, 3.8) is 0 Å². The van der Waals surface area contributed by atoms with Gasteiger partial charge in [0.15, 0.2) is 0 Å². The maximum absolute atomic E-state index is 11.1. The second-order valence-electron chi connectivity index (χ2n) is 3.77. The molecule has 17 heavy (non-hydrogen) atoms. The van der Waals surface area contributed by atoms with Crippen molar-refractivity contribution in [3.8, 4) is 0 Å². The highest BCUT2D eigenvalue weighted by Crippen LogP contribution is 2.19. The van der Waals surface area contributed by atoms with E-state index in [2.05, 4.69) is 0 Å². The van der Waals surface area contributed by atoms with Crippen LogP contribution in [-0.4, -0.2) is 11.1 Å². The van der Waals surface area contributed by atoms with Crippen LogP contribution in [0, 0.1) is 0 Å². The number of carboxylic acids is 1. The van der Waals surface area contributed by atoms with Crippen molar-refractivity contribution in [2.75, 3.05) is 0 Å². The largest absolute Gasteiger partial charge is 0.478 e. The molecule has 0 aliphatic carbocycles. The maximum atomic E-state index is 11.1. The van der Waals surface area contributed by atoms with Gasteiger partial charge in [0, 0.05) is 5.02 Å². The van der Waals surface area contributed by atoms with Crippen molar-refractivity contribution in [2.45, 2.75) is 6.42 Å². The van der Waals surface area contributed by atoms with Crippen molar-refractivity contribution in [3.05, 3.63) is 70.2 Å². The fourth-order valence-corrected chi connectivity index (χ4v) is 1.89. The molecule has 0 saturated carbocycles. The minimum absolute atomic E-state index is 0.265. The molecule has 3 heteroatoms. The Morgan fingerprint density at radius 2 is 1.82 bits per heavy atom. The summed E-state index contributed by atoms with van der Waals surface area (Å²) in [5, 5.41) is 9.55. The van der Waals surface area contributed by atoms with E-state index < -0.39 is 5.97 Å². The molecule has 0 saturated heterocycles. The Hall–Kier alpha value is -1.80. The maximum Gasteiger partial charge on any atom is 0.336 e. The molecule has 86 valence electrons. The Bertz CT molecular complexity index is 535. The normalized spacial score (nSPS) is 10.2. The topological polar surface area (TPSA) is 37.3 Å². The summed E-state index contributed by atoms with van der Waals surface area (Å²) in [5.74, 6) is -0.946. The summed E-state index contributed by atoms with van der Waals surface area (Å²) in [6.45, 7) is 0. The van der Waals surface area contributed by atoms with Gasteiger partial charge in [-0.05, 0) is 29.7 Å². The van der Waals surface area contributed by atoms with Gasteiger partial charge in [0.25, 0.3) is 0 Å². The second kappa shape index (κ2) is 5.02. The van der Waals surface area contributed by atoms with Crippen molar-refractivity contribution < 1.29 is 9.90 Å². The second-order valence-corrected chi connectivity index (χ2v) is 4.21. The summed E-state index contributed by atoms with van der Waals surface area (Å²) in [6.07, 6.45) is 0.597. The van der Waals surface area contributed by atoms with Crippen molar-refractivity contribution in [1.29, 1.82) is 0 Å². The highest BCUT2D eigenvalue weighted by Gasteiger charge is 2.10. The van der Waals surface area contributed by atoms with Gasteiger partial charge in [-0.15, -0.1) is 0 Å². The van der Waals surface area contributed by atoms with E-state index in [-0.39, 0.29) is 5.56 Å². The lowest BCUT2D eigenvalue weighted by Crippen LogP contribution is -2.03. The molecule has 2 nitrogen and oxygen atoms in total. The van der Waals surface area contributed by atoms with Crippen LogP contribution in [0.5, 0.6) is 0 Å². The lowest BCUT2D eigenvalue weighted by atomic mass is 10.00. The number of benzene rings is 2. The van der Waals surface area contributed by atoms with Crippen LogP contribution in [-0.2, 0) is 6.42 Å². The lowest BCUT2D eigenvalue weighted by molar-refractivity contribution is 0.0696. The molecule has 2 rings (SSSR count).